The second kappa shape index (κ2) is 14.1. The van der Waals surface area contributed by atoms with Gasteiger partial charge in [-0.2, -0.15) is 0 Å². The molecule has 2 aliphatic rings. The Morgan fingerprint density at radius 1 is 0.818 bits per heavy atom. The normalized spacial score (nSPS) is 32.4. The van der Waals surface area contributed by atoms with Crippen LogP contribution in [0.15, 0.2) is 36.4 Å². The first-order chi connectivity index (χ1) is 20.9. The highest BCUT2D eigenvalue weighted by Gasteiger charge is 2.47. The maximum Gasteiger partial charge on any atom is 0.229 e. The standard InChI is InChI=1S/C30H38O14/c1-13-24(34)14(2)42-29(25(13)35)41-12-22-26(36)27(37)28(38)30(44-22)43-16-10-19(33)23(21(11-16)40-4)17(31)7-5-15-6-8-20(39-3)18(32)9-15/h5-11,13-14,22,24-30,32-38H,12H2,1-4H3/b7-5+/t13-,14-,22+,24-,25-,26+,27-,28+,29-,30+/m0/s1. The van der Waals surface area contributed by atoms with Crippen molar-refractivity contribution >= 4 is 11.9 Å². The molecule has 0 unspecified atom stereocenters. The monoisotopic (exact) mass is 622 g/mol. The maximum absolute atomic E-state index is 12.9. The first-order valence-electron chi connectivity index (χ1n) is 13.9. The van der Waals surface area contributed by atoms with E-state index in [1.807, 2.05) is 0 Å². The number of ether oxygens (including phenoxy) is 6. The van der Waals surface area contributed by atoms with E-state index < -0.39 is 72.8 Å². The minimum absolute atomic E-state index is 0.0770. The highest BCUT2D eigenvalue weighted by atomic mass is 16.7. The van der Waals surface area contributed by atoms with Gasteiger partial charge in [0, 0.05) is 18.1 Å². The van der Waals surface area contributed by atoms with Crippen molar-refractivity contribution in [3.63, 3.8) is 0 Å². The SMILES string of the molecule is COc1ccc(/C=C/C(=O)c2c(O)cc(O[C@@H]3O[C@H](CO[C@H]4O[C@@H](C)[C@@H](O)[C@H](C)[C@@H]4O)[C@@H](O)[C@H](O)[C@H]3O)cc2OC)cc1O. The van der Waals surface area contributed by atoms with Crippen LogP contribution < -0.4 is 14.2 Å². The number of phenols is 2. The maximum atomic E-state index is 12.9. The summed E-state index contributed by atoms with van der Waals surface area (Å²) in [7, 11) is 2.67. The number of rotatable bonds is 10. The molecule has 0 spiro atoms. The van der Waals surface area contributed by atoms with Crippen LogP contribution in [-0.4, -0.2) is 118 Å². The number of carbonyl (C=O) groups excluding carboxylic acids is 1. The predicted octanol–water partition coefficient (Wildman–Crippen LogP) is 0.317. The van der Waals surface area contributed by atoms with Gasteiger partial charge in [0.05, 0.1) is 33.0 Å². The molecule has 0 bridgehead atoms. The molecule has 2 fully saturated rings. The van der Waals surface area contributed by atoms with Crippen LogP contribution in [0.5, 0.6) is 28.7 Å². The Labute approximate surface area is 253 Å². The van der Waals surface area contributed by atoms with Gasteiger partial charge in [-0.25, -0.2) is 0 Å². The summed E-state index contributed by atoms with van der Waals surface area (Å²) in [5.41, 5.74) is 0.296. The molecule has 0 radical (unpaired) electrons. The van der Waals surface area contributed by atoms with Crippen LogP contribution in [0.25, 0.3) is 6.08 Å². The van der Waals surface area contributed by atoms with Gasteiger partial charge in [0.1, 0.15) is 53.3 Å². The highest BCUT2D eigenvalue weighted by molar-refractivity contribution is 6.10. The van der Waals surface area contributed by atoms with E-state index >= 15 is 0 Å². The molecule has 0 amide bonds. The van der Waals surface area contributed by atoms with E-state index in [1.54, 1.807) is 19.9 Å². The van der Waals surface area contributed by atoms with E-state index in [4.69, 9.17) is 28.4 Å². The molecule has 10 atom stereocenters. The van der Waals surface area contributed by atoms with Crippen molar-refractivity contribution in [2.24, 2.45) is 5.92 Å². The van der Waals surface area contributed by atoms with Crippen molar-refractivity contribution in [3.8, 4) is 28.7 Å². The molecule has 44 heavy (non-hydrogen) atoms. The lowest BCUT2D eigenvalue weighted by atomic mass is 9.91. The van der Waals surface area contributed by atoms with Gasteiger partial charge >= 0.3 is 0 Å². The second-order valence-electron chi connectivity index (χ2n) is 10.7. The van der Waals surface area contributed by atoms with Gasteiger partial charge in [-0.1, -0.05) is 19.1 Å². The number of hydrogen-bond acceptors (Lipinski definition) is 14. The van der Waals surface area contributed by atoms with Crippen molar-refractivity contribution in [2.45, 2.75) is 69.2 Å². The molecule has 0 aliphatic carbocycles. The fourth-order valence-electron chi connectivity index (χ4n) is 4.98. The summed E-state index contributed by atoms with van der Waals surface area (Å²) >= 11 is 0. The number of carbonyl (C=O) groups is 1. The van der Waals surface area contributed by atoms with E-state index in [-0.39, 0.29) is 35.2 Å². The second-order valence-corrected chi connectivity index (χ2v) is 10.7. The van der Waals surface area contributed by atoms with Gasteiger partial charge in [-0.05, 0) is 30.7 Å². The van der Waals surface area contributed by atoms with E-state index in [2.05, 4.69) is 0 Å². The fraction of sp³-hybridized carbons (Fsp3) is 0.500. The van der Waals surface area contributed by atoms with Crippen LogP contribution >= 0.6 is 0 Å². The number of aliphatic hydroxyl groups excluding tert-OH is 5. The summed E-state index contributed by atoms with van der Waals surface area (Å²) in [5.74, 6) is -1.75. The van der Waals surface area contributed by atoms with Gasteiger partial charge < -0.3 is 64.2 Å². The Kier molecular flexibility index (Phi) is 10.7. The Morgan fingerprint density at radius 2 is 1.52 bits per heavy atom. The summed E-state index contributed by atoms with van der Waals surface area (Å²) in [6.45, 7) is 2.86. The number of methoxy groups -OCH3 is 2. The summed E-state index contributed by atoms with van der Waals surface area (Å²) in [6, 6.07) is 6.88. The summed E-state index contributed by atoms with van der Waals surface area (Å²) in [4.78, 5) is 12.9. The fourth-order valence-corrected chi connectivity index (χ4v) is 4.98. The number of allylic oxidation sites excluding steroid dienone is 1. The average molecular weight is 623 g/mol. The zero-order valence-electron chi connectivity index (χ0n) is 24.5. The molecule has 0 aromatic heterocycles. The molecule has 14 heteroatoms. The number of aliphatic hydroxyl groups is 5. The molecular formula is C30H38O14. The van der Waals surface area contributed by atoms with E-state index in [9.17, 15) is 40.5 Å². The third-order valence-corrected chi connectivity index (χ3v) is 7.68. The van der Waals surface area contributed by atoms with E-state index in [1.165, 1.54) is 44.6 Å². The van der Waals surface area contributed by atoms with Gasteiger partial charge in [0.2, 0.25) is 6.29 Å². The minimum atomic E-state index is -1.73. The molecule has 0 saturated carbocycles. The number of aromatic hydroxyl groups is 2. The van der Waals surface area contributed by atoms with Crippen LogP contribution in [-0.2, 0) is 14.2 Å². The van der Waals surface area contributed by atoms with Gasteiger partial charge in [-0.15, -0.1) is 0 Å². The molecule has 242 valence electrons. The van der Waals surface area contributed by atoms with Crippen molar-refractivity contribution in [1.29, 1.82) is 0 Å². The molecular weight excluding hydrogens is 584 g/mol. The number of ketones is 1. The van der Waals surface area contributed by atoms with E-state index in [0.29, 0.717) is 5.56 Å². The third kappa shape index (κ3) is 7.08. The largest absolute Gasteiger partial charge is 0.507 e. The summed E-state index contributed by atoms with van der Waals surface area (Å²) in [5, 5.41) is 72.7. The van der Waals surface area contributed by atoms with Crippen molar-refractivity contribution in [2.75, 3.05) is 20.8 Å². The van der Waals surface area contributed by atoms with Crippen LogP contribution in [0.4, 0.5) is 0 Å². The number of phenolic OH excluding ortho intramolecular Hbond substituents is 2. The predicted molar refractivity (Wildman–Crippen MR) is 151 cm³/mol. The lowest BCUT2D eigenvalue weighted by Gasteiger charge is -2.42. The highest BCUT2D eigenvalue weighted by Crippen LogP contribution is 2.36. The Hall–Kier alpha value is -3.47. The summed E-state index contributed by atoms with van der Waals surface area (Å²) in [6.07, 6.45) is -9.15. The smallest absolute Gasteiger partial charge is 0.229 e. The van der Waals surface area contributed by atoms with Crippen molar-refractivity contribution < 1.29 is 69.0 Å². The van der Waals surface area contributed by atoms with Crippen LogP contribution in [0.3, 0.4) is 0 Å². The van der Waals surface area contributed by atoms with Gasteiger partial charge in [-0.3, -0.25) is 4.79 Å². The zero-order valence-corrected chi connectivity index (χ0v) is 24.5. The van der Waals surface area contributed by atoms with Gasteiger partial charge in [0.25, 0.3) is 0 Å². The van der Waals surface area contributed by atoms with Gasteiger partial charge in [0.15, 0.2) is 23.6 Å². The van der Waals surface area contributed by atoms with Crippen LogP contribution in [0.1, 0.15) is 29.8 Å². The first-order valence-corrected chi connectivity index (χ1v) is 13.9. The zero-order chi connectivity index (χ0) is 32.3. The molecule has 2 aliphatic heterocycles. The number of benzene rings is 2. The molecule has 2 aromatic carbocycles. The Morgan fingerprint density at radius 3 is 2.18 bits per heavy atom. The molecule has 14 nitrogen and oxygen atoms in total. The molecule has 4 rings (SSSR count). The average Bonchev–Trinajstić information content (AvgIpc) is 3.00. The molecule has 2 heterocycles. The Balaban J connectivity index is 1.46. The number of hydrogen-bond donors (Lipinski definition) is 7. The van der Waals surface area contributed by atoms with Crippen LogP contribution in [0.2, 0.25) is 0 Å². The quantitative estimate of drug-likeness (QED) is 0.140. The Bertz CT molecular complexity index is 1330. The van der Waals surface area contributed by atoms with Crippen molar-refractivity contribution in [3.05, 3.63) is 47.5 Å². The van der Waals surface area contributed by atoms with Crippen LogP contribution in [0, 0.1) is 5.92 Å². The molecule has 2 saturated heterocycles. The summed E-state index contributed by atoms with van der Waals surface area (Å²) < 4.78 is 32.7. The lowest BCUT2D eigenvalue weighted by Crippen LogP contribution is -2.61. The first kappa shape index (κ1) is 33.4. The topological polar surface area (TPSA) is 214 Å². The minimum Gasteiger partial charge on any atom is -0.507 e. The molecule has 2 aromatic rings. The third-order valence-electron chi connectivity index (χ3n) is 7.68. The van der Waals surface area contributed by atoms with E-state index in [0.717, 1.165) is 6.07 Å². The lowest BCUT2D eigenvalue weighted by molar-refractivity contribution is -0.312. The van der Waals surface area contributed by atoms with Crippen molar-refractivity contribution in [1.82, 2.24) is 0 Å². The molecule has 7 N–H and O–H groups in total.